The van der Waals surface area contributed by atoms with Crippen LogP contribution in [-0.4, -0.2) is 27.9 Å². The van der Waals surface area contributed by atoms with E-state index in [0.29, 0.717) is 11.9 Å². The summed E-state index contributed by atoms with van der Waals surface area (Å²) in [6.45, 7) is 4.13. The molecule has 1 aliphatic rings. The zero-order chi connectivity index (χ0) is 13.2. The molecular formula is C14H19N5. The lowest BCUT2D eigenvalue weighted by atomic mass is 10.0. The van der Waals surface area contributed by atoms with Gasteiger partial charge < -0.3 is 10.6 Å². The lowest BCUT2D eigenvalue weighted by molar-refractivity contribution is 0.368. The van der Waals surface area contributed by atoms with Crippen LogP contribution in [0.1, 0.15) is 24.6 Å². The lowest BCUT2D eigenvalue weighted by Crippen LogP contribution is -2.34. The van der Waals surface area contributed by atoms with E-state index in [1.165, 1.54) is 5.69 Å². The molecule has 0 unspecified atom stereocenters. The van der Waals surface area contributed by atoms with E-state index in [0.717, 1.165) is 31.6 Å². The Kier molecular flexibility index (Phi) is 3.11. The van der Waals surface area contributed by atoms with E-state index in [2.05, 4.69) is 27.1 Å². The summed E-state index contributed by atoms with van der Waals surface area (Å²) >= 11 is 0. The number of pyridine rings is 1. The Morgan fingerprint density at radius 3 is 2.68 bits per heavy atom. The van der Waals surface area contributed by atoms with Crippen molar-refractivity contribution in [2.75, 3.05) is 23.7 Å². The monoisotopic (exact) mass is 257 g/mol. The number of aryl methyl sites for hydroxylation is 1. The SMILES string of the molecule is Cc1cc(N2CCC(n3ccc(N)n3)CC2)ccn1. The summed E-state index contributed by atoms with van der Waals surface area (Å²) in [7, 11) is 0. The second-order valence-electron chi connectivity index (χ2n) is 5.09. The molecule has 2 aromatic heterocycles. The van der Waals surface area contributed by atoms with Gasteiger partial charge in [-0.15, -0.1) is 0 Å². The molecule has 2 aromatic rings. The van der Waals surface area contributed by atoms with Gasteiger partial charge in [0, 0.05) is 36.9 Å². The summed E-state index contributed by atoms with van der Waals surface area (Å²) < 4.78 is 2.00. The number of hydrogen-bond donors (Lipinski definition) is 1. The summed E-state index contributed by atoms with van der Waals surface area (Å²) in [6.07, 6.45) is 6.06. The highest BCUT2D eigenvalue weighted by molar-refractivity contribution is 5.46. The van der Waals surface area contributed by atoms with E-state index in [9.17, 15) is 0 Å². The molecule has 0 atom stereocenters. The summed E-state index contributed by atoms with van der Waals surface area (Å²) in [5, 5.41) is 4.31. The molecule has 0 spiro atoms. The fourth-order valence-electron chi connectivity index (χ4n) is 2.67. The van der Waals surface area contributed by atoms with Gasteiger partial charge in [-0.3, -0.25) is 9.67 Å². The van der Waals surface area contributed by atoms with Crippen LogP contribution >= 0.6 is 0 Å². The van der Waals surface area contributed by atoms with Gasteiger partial charge in [0.05, 0.1) is 6.04 Å². The van der Waals surface area contributed by atoms with Crippen LogP contribution in [0.5, 0.6) is 0 Å². The van der Waals surface area contributed by atoms with Crippen LogP contribution in [-0.2, 0) is 0 Å². The van der Waals surface area contributed by atoms with Crippen molar-refractivity contribution in [1.29, 1.82) is 0 Å². The lowest BCUT2D eigenvalue weighted by Gasteiger charge is -2.33. The Bertz CT molecular complexity index is 554. The summed E-state index contributed by atoms with van der Waals surface area (Å²) in [4.78, 5) is 6.66. The van der Waals surface area contributed by atoms with E-state index in [4.69, 9.17) is 5.73 Å². The van der Waals surface area contributed by atoms with Crippen LogP contribution in [0, 0.1) is 6.92 Å². The molecule has 1 saturated heterocycles. The summed E-state index contributed by atoms with van der Waals surface area (Å²) in [5.41, 5.74) is 8.01. The third-order valence-corrected chi connectivity index (χ3v) is 3.71. The third kappa shape index (κ3) is 2.54. The quantitative estimate of drug-likeness (QED) is 0.894. The minimum absolute atomic E-state index is 0.469. The van der Waals surface area contributed by atoms with Gasteiger partial charge in [-0.25, -0.2) is 0 Å². The van der Waals surface area contributed by atoms with Crippen molar-refractivity contribution in [3.8, 4) is 0 Å². The first-order valence-corrected chi connectivity index (χ1v) is 6.70. The zero-order valence-corrected chi connectivity index (χ0v) is 11.2. The molecule has 3 rings (SSSR count). The average Bonchev–Trinajstić information content (AvgIpc) is 2.86. The molecule has 5 heteroatoms. The molecule has 0 bridgehead atoms. The number of nitrogens with two attached hydrogens (primary N) is 1. The first kappa shape index (κ1) is 12.0. The maximum atomic E-state index is 5.67. The number of aromatic nitrogens is 3. The van der Waals surface area contributed by atoms with E-state index in [1.54, 1.807) is 0 Å². The Labute approximate surface area is 113 Å². The smallest absolute Gasteiger partial charge is 0.145 e. The average molecular weight is 257 g/mol. The van der Waals surface area contributed by atoms with Crippen molar-refractivity contribution < 1.29 is 0 Å². The first-order chi connectivity index (χ1) is 9.22. The molecule has 100 valence electrons. The van der Waals surface area contributed by atoms with Crippen molar-refractivity contribution >= 4 is 11.5 Å². The maximum Gasteiger partial charge on any atom is 0.145 e. The highest BCUT2D eigenvalue weighted by atomic mass is 15.3. The van der Waals surface area contributed by atoms with Gasteiger partial charge in [-0.1, -0.05) is 0 Å². The molecule has 0 radical (unpaired) electrons. The molecule has 0 aliphatic carbocycles. The summed E-state index contributed by atoms with van der Waals surface area (Å²) in [6, 6.07) is 6.56. The number of nitrogen functional groups attached to an aromatic ring is 1. The van der Waals surface area contributed by atoms with Crippen LogP contribution in [0.3, 0.4) is 0 Å². The van der Waals surface area contributed by atoms with E-state index in [-0.39, 0.29) is 0 Å². The minimum atomic E-state index is 0.469. The largest absolute Gasteiger partial charge is 0.382 e. The Hall–Kier alpha value is -2.04. The van der Waals surface area contributed by atoms with Crippen LogP contribution < -0.4 is 10.6 Å². The Morgan fingerprint density at radius 1 is 1.26 bits per heavy atom. The van der Waals surface area contributed by atoms with Gasteiger partial charge in [0.25, 0.3) is 0 Å². The van der Waals surface area contributed by atoms with Gasteiger partial charge in [0.15, 0.2) is 0 Å². The molecule has 5 nitrogen and oxygen atoms in total. The summed E-state index contributed by atoms with van der Waals surface area (Å²) in [5.74, 6) is 0.604. The fourth-order valence-corrected chi connectivity index (χ4v) is 2.67. The van der Waals surface area contributed by atoms with Gasteiger partial charge in [0.1, 0.15) is 5.82 Å². The van der Waals surface area contributed by atoms with Gasteiger partial charge in [-0.05, 0) is 38.0 Å². The molecular weight excluding hydrogens is 238 g/mol. The standard InChI is InChI=1S/C14H19N5/c1-11-10-13(2-6-16-11)18-7-3-12(4-8-18)19-9-5-14(15)17-19/h2,5-6,9-10,12H,3-4,7-8H2,1H3,(H2,15,17). The van der Waals surface area contributed by atoms with Crippen molar-refractivity contribution in [2.24, 2.45) is 0 Å². The molecule has 1 fully saturated rings. The molecule has 2 N–H and O–H groups in total. The van der Waals surface area contributed by atoms with Crippen LogP contribution in [0.2, 0.25) is 0 Å². The fraction of sp³-hybridized carbons (Fsp3) is 0.429. The second kappa shape index (κ2) is 4.91. The van der Waals surface area contributed by atoms with Crippen LogP contribution in [0.15, 0.2) is 30.6 Å². The molecule has 0 aromatic carbocycles. The minimum Gasteiger partial charge on any atom is -0.382 e. The predicted molar refractivity (Wildman–Crippen MR) is 76.1 cm³/mol. The van der Waals surface area contributed by atoms with Gasteiger partial charge in [0.2, 0.25) is 0 Å². The molecule has 3 heterocycles. The highest BCUT2D eigenvalue weighted by Crippen LogP contribution is 2.26. The molecule has 1 aliphatic heterocycles. The van der Waals surface area contributed by atoms with Crippen molar-refractivity contribution in [3.05, 3.63) is 36.3 Å². The van der Waals surface area contributed by atoms with Crippen molar-refractivity contribution in [3.63, 3.8) is 0 Å². The molecule has 0 amide bonds. The van der Waals surface area contributed by atoms with Crippen LogP contribution in [0.4, 0.5) is 11.5 Å². The number of rotatable bonds is 2. The Morgan fingerprint density at radius 2 is 2.05 bits per heavy atom. The van der Waals surface area contributed by atoms with E-state index < -0.39 is 0 Å². The number of piperidine rings is 1. The van der Waals surface area contributed by atoms with Crippen molar-refractivity contribution in [2.45, 2.75) is 25.8 Å². The first-order valence-electron chi connectivity index (χ1n) is 6.70. The molecule has 0 saturated carbocycles. The number of anilines is 2. The normalized spacial score (nSPS) is 16.8. The van der Waals surface area contributed by atoms with E-state index >= 15 is 0 Å². The molecule has 19 heavy (non-hydrogen) atoms. The van der Waals surface area contributed by atoms with E-state index in [1.807, 2.05) is 30.1 Å². The second-order valence-corrected chi connectivity index (χ2v) is 5.09. The van der Waals surface area contributed by atoms with Crippen LogP contribution in [0.25, 0.3) is 0 Å². The number of hydrogen-bond acceptors (Lipinski definition) is 4. The predicted octanol–water partition coefficient (Wildman–Crippen LogP) is 2.01. The third-order valence-electron chi connectivity index (χ3n) is 3.71. The van der Waals surface area contributed by atoms with Gasteiger partial charge >= 0.3 is 0 Å². The Balaban J connectivity index is 1.66. The maximum absolute atomic E-state index is 5.67. The number of nitrogens with zero attached hydrogens (tertiary/aromatic N) is 4. The van der Waals surface area contributed by atoms with Crippen molar-refractivity contribution in [1.82, 2.24) is 14.8 Å². The van der Waals surface area contributed by atoms with Gasteiger partial charge in [-0.2, -0.15) is 5.10 Å². The highest BCUT2D eigenvalue weighted by Gasteiger charge is 2.21. The topological polar surface area (TPSA) is 60.0 Å². The zero-order valence-electron chi connectivity index (χ0n) is 11.2.